The van der Waals surface area contributed by atoms with E-state index in [1.165, 1.54) is 23.7 Å². The molecule has 0 radical (unpaired) electrons. The van der Waals surface area contributed by atoms with Crippen molar-refractivity contribution in [2.24, 2.45) is 0 Å². The summed E-state index contributed by atoms with van der Waals surface area (Å²) in [5.41, 5.74) is 2.43. The second-order valence-corrected chi connectivity index (χ2v) is 8.91. The van der Waals surface area contributed by atoms with E-state index in [9.17, 15) is 9.50 Å². The summed E-state index contributed by atoms with van der Waals surface area (Å²) in [5.74, 6) is 0.246. The Kier molecular flexibility index (Phi) is 4.93. The SMILES string of the molecule is Cc1nc2sc3c(NCc4ccc(C(C)(C)O)cc4F)ncnc3c2c(C)c1Cl. The number of pyridine rings is 1. The monoisotopic (exact) mass is 430 g/mol. The highest BCUT2D eigenvalue weighted by atomic mass is 35.5. The van der Waals surface area contributed by atoms with Gasteiger partial charge < -0.3 is 10.4 Å². The molecule has 2 N–H and O–H groups in total. The van der Waals surface area contributed by atoms with Gasteiger partial charge in [-0.05, 0) is 44.9 Å². The number of hydrogen-bond donors (Lipinski definition) is 2. The number of fused-ring (bicyclic) bond motifs is 3. The molecule has 0 aliphatic rings. The zero-order chi connectivity index (χ0) is 20.9. The van der Waals surface area contributed by atoms with Gasteiger partial charge in [0.1, 0.15) is 22.8 Å². The van der Waals surface area contributed by atoms with E-state index in [0.717, 1.165) is 31.7 Å². The minimum absolute atomic E-state index is 0.254. The normalized spacial score (nSPS) is 12.1. The van der Waals surface area contributed by atoms with Crippen LogP contribution in [0.5, 0.6) is 0 Å². The van der Waals surface area contributed by atoms with E-state index in [-0.39, 0.29) is 12.4 Å². The molecular formula is C21H20ClFN4OS. The summed E-state index contributed by atoms with van der Waals surface area (Å²) in [6, 6.07) is 4.77. The van der Waals surface area contributed by atoms with Gasteiger partial charge in [-0.3, -0.25) is 0 Å². The zero-order valence-electron chi connectivity index (χ0n) is 16.5. The molecule has 0 spiro atoms. The number of aromatic nitrogens is 3. The van der Waals surface area contributed by atoms with Gasteiger partial charge in [-0.15, -0.1) is 11.3 Å². The van der Waals surface area contributed by atoms with Crippen molar-refractivity contribution in [2.45, 2.75) is 39.8 Å². The predicted molar refractivity (Wildman–Crippen MR) is 116 cm³/mol. The average molecular weight is 431 g/mol. The average Bonchev–Trinajstić information content (AvgIpc) is 3.03. The van der Waals surface area contributed by atoms with Crippen LogP contribution in [0.4, 0.5) is 10.2 Å². The molecule has 5 nitrogen and oxygen atoms in total. The number of benzene rings is 1. The van der Waals surface area contributed by atoms with Crippen LogP contribution in [0.1, 0.15) is 36.2 Å². The molecule has 3 heterocycles. The summed E-state index contributed by atoms with van der Waals surface area (Å²) in [6.45, 7) is 7.35. The predicted octanol–water partition coefficient (Wildman–Crippen LogP) is 5.49. The maximum Gasteiger partial charge on any atom is 0.147 e. The number of aryl methyl sites for hydroxylation is 2. The smallest absolute Gasteiger partial charge is 0.147 e. The molecule has 4 rings (SSSR count). The molecule has 0 saturated heterocycles. The third kappa shape index (κ3) is 3.54. The maximum absolute atomic E-state index is 14.5. The summed E-state index contributed by atoms with van der Waals surface area (Å²) in [7, 11) is 0. The van der Waals surface area contributed by atoms with Crippen molar-refractivity contribution in [1.29, 1.82) is 0 Å². The number of nitrogens with zero attached hydrogens (tertiary/aromatic N) is 3. The van der Waals surface area contributed by atoms with E-state index >= 15 is 0 Å². The third-order valence-corrected chi connectivity index (χ3v) is 6.59. The molecule has 3 aromatic heterocycles. The van der Waals surface area contributed by atoms with Crippen LogP contribution in [0, 0.1) is 19.7 Å². The molecule has 8 heteroatoms. The van der Waals surface area contributed by atoms with Gasteiger partial charge in [0.25, 0.3) is 0 Å². The van der Waals surface area contributed by atoms with Crippen molar-refractivity contribution in [3.05, 3.63) is 57.8 Å². The fourth-order valence-electron chi connectivity index (χ4n) is 3.27. The molecule has 4 aromatic rings. The van der Waals surface area contributed by atoms with Crippen LogP contribution >= 0.6 is 22.9 Å². The summed E-state index contributed by atoms with van der Waals surface area (Å²) in [4.78, 5) is 14.2. The first-order valence-corrected chi connectivity index (χ1v) is 10.3. The van der Waals surface area contributed by atoms with E-state index in [1.54, 1.807) is 26.0 Å². The molecular weight excluding hydrogens is 411 g/mol. The first-order valence-electron chi connectivity index (χ1n) is 9.12. The first-order chi connectivity index (χ1) is 13.7. The summed E-state index contributed by atoms with van der Waals surface area (Å²) < 4.78 is 15.4. The van der Waals surface area contributed by atoms with Gasteiger partial charge in [0, 0.05) is 17.5 Å². The quantitative estimate of drug-likeness (QED) is 0.448. The van der Waals surface area contributed by atoms with Crippen LogP contribution in [0.15, 0.2) is 24.5 Å². The molecule has 0 amide bonds. The number of nitrogens with one attached hydrogen (secondary N) is 1. The molecule has 0 unspecified atom stereocenters. The van der Waals surface area contributed by atoms with Crippen molar-refractivity contribution >= 4 is 49.2 Å². The second-order valence-electron chi connectivity index (χ2n) is 7.54. The standard InChI is InChI=1S/C21H20ClFN4OS/c1-10-15-17-18(29-20(15)27-11(2)16(10)22)19(26-9-25-17)24-8-12-5-6-13(7-14(12)23)21(3,4)28/h5-7,9,28H,8H2,1-4H3,(H,24,25,26). The lowest BCUT2D eigenvalue weighted by molar-refractivity contribution is 0.0782. The topological polar surface area (TPSA) is 70.9 Å². The Hall–Kier alpha value is -2.35. The highest BCUT2D eigenvalue weighted by molar-refractivity contribution is 7.26. The summed E-state index contributed by atoms with van der Waals surface area (Å²) in [6.07, 6.45) is 1.48. The number of hydrogen-bond acceptors (Lipinski definition) is 6. The van der Waals surface area contributed by atoms with Gasteiger partial charge in [0.15, 0.2) is 0 Å². The number of thiophene rings is 1. The van der Waals surface area contributed by atoms with Gasteiger partial charge in [-0.25, -0.2) is 19.3 Å². The van der Waals surface area contributed by atoms with E-state index in [2.05, 4.69) is 20.3 Å². The molecule has 0 saturated carbocycles. The van der Waals surface area contributed by atoms with Crippen molar-refractivity contribution in [3.8, 4) is 0 Å². The Labute approximate surface area is 176 Å². The molecule has 0 aliphatic heterocycles. The van der Waals surface area contributed by atoms with Crippen LogP contribution in [-0.4, -0.2) is 20.1 Å². The fraction of sp³-hybridized carbons (Fsp3) is 0.286. The fourth-order valence-corrected chi connectivity index (χ4v) is 4.61. The Bertz CT molecular complexity index is 1250. The van der Waals surface area contributed by atoms with Gasteiger partial charge in [0.05, 0.1) is 26.5 Å². The van der Waals surface area contributed by atoms with Gasteiger partial charge in [0.2, 0.25) is 0 Å². The van der Waals surface area contributed by atoms with Gasteiger partial charge >= 0.3 is 0 Å². The van der Waals surface area contributed by atoms with Crippen LogP contribution in [0.25, 0.3) is 20.4 Å². The van der Waals surface area contributed by atoms with E-state index in [0.29, 0.717) is 22.0 Å². The maximum atomic E-state index is 14.5. The van der Waals surface area contributed by atoms with E-state index in [1.807, 2.05) is 13.8 Å². The lowest BCUT2D eigenvalue weighted by Gasteiger charge is -2.18. The lowest BCUT2D eigenvalue weighted by atomic mass is 9.97. The minimum Gasteiger partial charge on any atom is -0.386 e. The van der Waals surface area contributed by atoms with Gasteiger partial charge in [-0.2, -0.15) is 0 Å². The van der Waals surface area contributed by atoms with E-state index in [4.69, 9.17) is 11.6 Å². The largest absolute Gasteiger partial charge is 0.386 e. The van der Waals surface area contributed by atoms with Crippen molar-refractivity contribution in [1.82, 2.24) is 15.0 Å². The molecule has 0 fully saturated rings. The zero-order valence-corrected chi connectivity index (χ0v) is 18.0. The summed E-state index contributed by atoms with van der Waals surface area (Å²) >= 11 is 7.87. The molecule has 0 bridgehead atoms. The highest BCUT2D eigenvalue weighted by Crippen LogP contribution is 2.39. The van der Waals surface area contributed by atoms with Crippen molar-refractivity contribution in [2.75, 3.05) is 5.32 Å². The summed E-state index contributed by atoms with van der Waals surface area (Å²) in [5, 5.41) is 14.8. The lowest BCUT2D eigenvalue weighted by Crippen LogP contribution is -2.16. The first kappa shape index (κ1) is 19.9. The Morgan fingerprint density at radius 2 is 2.00 bits per heavy atom. The number of rotatable bonds is 4. The number of halogens is 2. The van der Waals surface area contributed by atoms with Crippen LogP contribution in [-0.2, 0) is 12.1 Å². The van der Waals surface area contributed by atoms with Crippen LogP contribution < -0.4 is 5.32 Å². The molecule has 1 aromatic carbocycles. The molecule has 0 aliphatic carbocycles. The van der Waals surface area contributed by atoms with Crippen molar-refractivity contribution < 1.29 is 9.50 Å². The second kappa shape index (κ2) is 7.16. The Balaban J connectivity index is 1.71. The molecule has 150 valence electrons. The number of aliphatic hydroxyl groups is 1. The van der Waals surface area contributed by atoms with Crippen molar-refractivity contribution in [3.63, 3.8) is 0 Å². The minimum atomic E-state index is -1.09. The van der Waals surface area contributed by atoms with Crippen LogP contribution in [0.2, 0.25) is 5.02 Å². The number of anilines is 1. The van der Waals surface area contributed by atoms with Gasteiger partial charge in [-0.1, -0.05) is 23.7 Å². The Morgan fingerprint density at radius 1 is 1.24 bits per heavy atom. The highest BCUT2D eigenvalue weighted by Gasteiger charge is 2.19. The molecule has 0 atom stereocenters. The van der Waals surface area contributed by atoms with E-state index < -0.39 is 5.60 Å². The van der Waals surface area contributed by atoms with Crippen LogP contribution in [0.3, 0.4) is 0 Å². The molecule has 29 heavy (non-hydrogen) atoms. The Morgan fingerprint density at radius 3 is 2.69 bits per heavy atom. The third-order valence-electron chi connectivity index (χ3n) is 4.95.